The second-order valence-corrected chi connectivity index (χ2v) is 7.39. The van der Waals surface area contributed by atoms with E-state index >= 15 is 0 Å². The summed E-state index contributed by atoms with van der Waals surface area (Å²) in [5, 5.41) is 7.59. The van der Waals surface area contributed by atoms with Crippen LogP contribution in [0.1, 0.15) is 24.3 Å². The Morgan fingerprint density at radius 1 is 1.25 bits per heavy atom. The van der Waals surface area contributed by atoms with Crippen molar-refractivity contribution in [3.8, 4) is 5.69 Å². The molecule has 8 nitrogen and oxygen atoms in total. The zero-order valence-electron chi connectivity index (χ0n) is 13.3. The molecule has 0 spiro atoms. The lowest BCUT2D eigenvalue weighted by atomic mass is 10.1. The van der Waals surface area contributed by atoms with Gasteiger partial charge in [-0.3, -0.25) is 0 Å². The maximum atomic E-state index is 12.5. The highest BCUT2D eigenvalue weighted by Crippen LogP contribution is 2.24. The average molecular weight is 347 g/mol. The van der Waals surface area contributed by atoms with E-state index in [1.165, 1.54) is 16.8 Å². The molecular formula is C15H17N5O3S. The van der Waals surface area contributed by atoms with Gasteiger partial charge in [-0.05, 0) is 24.6 Å². The van der Waals surface area contributed by atoms with Crippen molar-refractivity contribution in [1.82, 2.24) is 24.2 Å². The largest absolute Gasteiger partial charge is 0.360 e. The molecule has 9 heteroatoms. The number of sulfonamides is 1. The molecule has 0 N–H and O–H groups in total. The average Bonchev–Trinajstić information content (AvgIpc) is 3.27. The quantitative estimate of drug-likeness (QED) is 0.674. The van der Waals surface area contributed by atoms with Gasteiger partial charge < -0.3 is 4.52 Å². The highest BCUT2D eigenvalue weighted by atomic mass is 32.2. The molecular weight excluding hydrogens is 330 g/mol. The maximum absolute atomic E-state index is 12.5. The lowest BCUT2D eigenvalue weighted by molar-refractivity contribution is 0.375. The molecule has 0 fully saturated rings. The second kappa shape index (κ2) is 6.54. The Labute approximate surface area is 139 Å². The van der Waals surface area contributed by atoms with Crippen LogP contribution in [0.25, 0.3) is 5.69 Å². The first kappa shape index (κ1) is 16.3. The number of hydrogen-bond acceptors (Lipinski definition) is 6. The lowest BCUT2D eigenvalue weighted by Gasteiger charge is -2.24. The van der Waals surface area contributed by atoms with Crippen molar-refractivity contribution in [1.29, 1.82) is 0 Å². The first-order chi connectivity index (χ1) is 11.5. The monoisotopic (exact) mass is 347 g/mol. The zero-order valence-corrected chi connectivity index (χ0v) is 14.1. The Balaban J connectivity index is 1.76. The SMILES string of the molecule is CC(c1ccc(-n2cncn2)cc1)N(C)S(=O)(=O)Cc1ccno1. The summed E-state index contributed by atoms with van der Waals surface area (Å²) in [7, 11) is -1.95. The molecule has 0 amide bonds. The van der Waals surface area contributed by atoms with E-state index in [0.717, 1.165) is 11.3 Å². The van der Waals surface area contributed by atoms with Crippen molar-refractivity contribution in [3.63, 3.8) is 0 Å². The highest BCUT2D eigenvalue weighted by Gasteiger charge is 2.26. The van der Waals surface area contributed by atoms with E-state index in [4.69, 9.17) is 4.52 Å². The Morgan fingerprint density at radius 2 is 2.00 bits per heavy atom. The number of hydrogen-bond donors (Lipinski definition) is 0. The molecule has 1 atom stereocenters. The van der Waals surface area contributed by atoms with Crippen molar-refractivity contribution in [2.45, 2.75) is 18.7 Å². The smallest absolute Gasteiger partial charge is 0.221 e. The molecule has 0 bridgehead atoms. The highest BCUT2D eigenvalue weighted by molar-refractivity contribution is 7.88. The van der Waals surface area contributed by atoms with E-state index in [0.29, 0.717) is 5.76 Å². The molecule has 0 aliphatic carbocycles. The molecule has 0 aliphatic rings. The van der Waals surface area contributed by atoms with Crippen molar-refractivity contribution in [3.05, 3.63) is 60.5 Å². The molecule has 0 saturated carbocycles. The number of aromatic nitrogens is 4. The summed E-state index contributed by atoms with van der Waals surface area (Å²) >= 11 is 0. The van der Waals surface area contributed by atoms with E-state index in [-0.39, 0.29) is 11.8 Å². The van der Waals surface area contributed by atoms with Gasteiger partial charge in [0, 0.05) is 19.2 Å². The fourth-order valence-corrected chi connectivity index (χ4v) is 3.61. The summed E-state index contributed by atoms with van der Waals surface area (Å²) in [4.78, 5) is 3.90. The van der Waals surface area contributed by atoms with Gasteiger partial charge in [0.15, 0.2) is 5.76 Å². The van der Waals surface area contributed by atoms with Gasteiger partial charge in [0.05, 0.1) is 11.9 Å². The summed E-state index contributed by atoms with van der Waals surface area (Å²) in [5.74, 6) is 0.0980. The minimum atomic E-state index is -3.51. The van der Waals surface area contributed by atoms with E-state index in [9.17, 15) is 8.42 Å². The van der Waals surface area contributed by atoms with Crippen LogP contribution in [0.5, 0.6) is 0 Å². The van der Waals surface area contributed by atoms with Crippen LogP contribution in [0.15, 0.2) is 53.7 Å². The van der Waals surface area contributed by atoms with Gasteiger partial charge in [0.1, 0.15) is 18.4 Å². The van der Waals surface area contributed by atoms with Crippen LogP contribution in [0.4, 0.5) is 0 Å². The van der Waals surface area contributed by atoms with Crippen LogP contribution >= 0.6 is 0 Å². The number of benzene rings is 1. The Morgan fingerprint density at radius 3 is 2.58 bits per heavy atom. The lowest BCUT2D eigenvalue weighted by Crippen LogP contribution is -2.30. The summed E-state index contributed by atoms with van der Waals surface area (Å²) in [6.45, 7) is 1.84. The van der Waals surface area contributed by atoms with Gasteiger partial charge in [-0.25, -0.2) is 18.1 Å². The minimum absolute atomic E-state index is 0.217. The standard InChI is InChI=1S/C15H17N5O3S/c1-12(19(2)24(21,22)9-15-7-8-18-23-15)13-3-5-14(6-4-13)20-11-16-10-17-20/h3-8,10-12H,9H2,1-2H3. The van der Waals surface area contributed by atoms with Crippen LogP contribution < -0.4 is 0 Å². The Kier molecular flexibility index (Phi) is 4.45. The maximum Gasteiger partial charge on any atom is 0.221 e. The molecule has 2 aromatic heterocycles. The summed E-state index contributed by atoms with van der Waals surface area (Å²) in [6, 6.07) is 8.73. The third-order valence-electron chi connectivity index (χ3n) is 3.86. The van der Waals surface area contributed by atoms with Gasteiger partial charge in [-0.1, -0.05) is 17.3 Å². The fourth-order valence-electron chi connectivity index (χ4n) is 2.30. The predicted molar refractivity (Wildman–Crippen MR) is 86.7 cm³/mol. The van der Waals surface area contributed by atoms with Crippen molar-refractivity contribution in [2.24, 2.45) is 0 Å². The number of nitrogens with zero attached hydrogens (tertiary/aromatic N) is 5. The van der Waals surface area contributed by atoms with Gasteiger partial charge >= 0.3 is 0 Å². The molecule has 24 heavy (non-hydrogen) atoms. The fraction of sp³-hybridized carbons (Fsp3) is 0.267. The molecule has 1 aromatic carbocycles. The zero-order chi connectivity index (χ0) is 17.2. The number of rotatable bonds is 6. The third kappa shape index (κ3) is 3.36. The molecule has 3 aromatic rings. The van der Waals surface area contributed by atoms with E-state index in [1.54, 1.807) is 24.1 Å². The Hall–Kier alpha value is -2.52. The molecule has 2 heterocycles. The minimum Gasteiger partial charge on any atom is -0.360 e. The Bertz CT molecular complexity index is 874. The molecule has 0 saturated heterocycles. The van der Waals surface area contributed by atoms with Crippen LogP contribution in [-0.2, 0) is 15.8 Å². The van der Waals surface area contributed by atoms with Crippen LogP contribution in [0, 0.1) is 0 Å². The summed E-state index contributed by atoms with van der Waals surface area (Å²) < 4.78 is 32.8. The topological polar surface area (TPSA) is 94.1 Å². The first-order valence-corrected chi connectivity index (χ1v) is 8.88. The van der Waals surface area contributed by atoms with E-state index in [2.05, 4.69) is 15.2 Å². The van der Waals surface area contributed by atoms with Crippen LogP contribution in [0.3, 0.4) is 0 Å². The molecule has 0 radical (unpaired) electrons. The molecule has 126 valence electrons. The van der Waals surface area contributed by atoms with Gasteiger partial charge in [0.2, 0.25) is 10.0 Å². The van der Waals surface area contributed by atoms with Crippen LogP contribution in [-0.4, -0.2) is 39.7 Å². The van der Waals surface area contributed by atoms with Crippen LogP contribution in [0.2, 0.25) is 0 Å². The second-order valence-electron chi connectivity index (χ2n) is 5.36. The normalized spacial score (nSPS) is 13.3. The van der Waals surface area contributed by atoms with Gasteiger partial charge in [0.25, 0.3) is 0 Å². The van der Waals surface area contributed by atoms with Gasteiger partial charge in [-0.15, -0.1) is 0 Å². The molecule has 3 rings (SSSR count). The molecule has 0 aliphatic heterocycles. The predicted octanol–water partition coefficient (Wildman–Crippen LogP) is 1.78. The van der Waals surface area contributed by atoms with E-state index < -0.39 is 10.0 Å². The van der Waals surface area contributed by atoms with Crippen molar-refractivity contribution >= 4 is 10.0 Å². The summed E-state index contributed by atoms with van der Waals surface area (Å²) in [5.41, 5.74) is 1.73. The first-order valence-electron chi connectivity index (χ1n) is 7.27. The van der Waals surface area contributed by atoms with Gasteiger partial charge in [-0.2, -0.15) is 9.40 Å². The molecule has 1 unspecified atom stereocenters. The van der Waals surface area contributed by atoms with Crippen molar-refractivity contribution in [2.75, 3.05) is 7.05 Å². The van der Waals surface area contributed by atoms with E-state index in [1.807, 2.05) is 31.2 Å². The third-order valence-corrected chi connectivity index (χ3v) is 5.70. The van der Waals surface area contributed by atoms with Crippen molar-refractivity contribution < 1.29 is 12.9 Å². The summed E-state index contributed by atoms with van der Waals surface area (Å²) in [6.07, 6.45) is 4.49.